The lowest BCUT2D eigenvalue weighted by atomic mass is 10.2. The van der Waals surface area contributed by atoms with E-state index in [9.17, 15) is 17.6 Å². The second-order valence-corrected chi connectivity index (χ2v) is 7.53. The summed E-state index contributed by atoms with van der Waals surface area (Å²) in [5.74, 6) is -1.41. The predicted molar refractivity (Wildman–Crippen MR) is 90.9 cm³/mol. The van der Waals surface area contributed by atoms with Crippen molar-refractivity contribution in [3.8, 4) is 0 Å². The lowest BCUT2D eigenvalue weighted by Gasteiger charge is -2.13. The topological polar surface area (TPSA) is 101 Å². The number of nitrogens with zero attached hydrogens (tertiary/aromatic N) is 1. The summed E-state index contributed by atoms with van der Waals surface area (Å²) in [7, 11) is -3.77. The molecule has 1 atom stereocenters. The van der Waals surface area contributed by atoms with Gasteiger partial charge in [0.25, 0.3) is 0 Å². The van der Waals surface area contributed by atoms with Gasteiger partial charge in [-0.05, 0) is 25.1 Å². The number of carbonyl (C=O) groups excluding carboxylic acids is 1. The van der Waals surface area contributed by atoms with E-state index in [0.29, 0.717) is 24.4 Å². The minimum atomic E-state index is -3.77. The SMILES string of the molecule is Cc1cc(CCNC(=O)C(C)CS(=O)(=O)Nc2cccc(F)c2)no1. The van der Waals surface area contributed by atoms with E-state index in [1.807, 2.05) is 0 Å². The van der Waals surface area contributed by atoms with Crippen molar-refractivity contribution in [3.63, 3.8) is 0 Å². The van der Waals surface area contributed by atoms with Crippen molar-refractivity contribution in [1.29, 1.82) is 0 Å². The fraction of sp³-hybridized carbons (Fsp3) is 0.375. The number of halogens is 1. The molecule has 1 unspecified atom stereocenters. The molecule has 0 saturated heterocycles. The van der Waals surface area contributed by atoms with Crippen LogP contribution in [0, 0.1) is 18.7 Å². The van der Waals surface area contributed by atoms with Gasteiger partial charge in [-0.15, -0.1) is 0 Å². The van der Waals surface area contributed by atoms with Crippen LogP contribution in [0.3, 0.4) is 0 Å². The first-order chi connectivity index (χ1) is 11.7. The third-order valence-corrected chi connectivity index (χ3v) is 4.86. The lowest BCUT2D eigenvalue weighted by Crippen LogP contribution is -2.35. The fourth-order valence-electron chi connectivity index (χ4n) is 2.20. The molecule has 0 spiro atoms. The molecule has 0 aliphatic carbocycles. The largest absolute Gasteiger partial charge is 0.361 e. The Balaban J connectivity index is 1.82. The highest BCUT2D eigenvalue weighted by atomic mass is 32.2. The molecule has 1 heterocycles. The highest BCUT2D eigenvalue weighted by Gasteiger charge is 2.21. The van der Waals surface area contributed by atoms with Gasteiger partial charge in [-0.2, -0.15) is 0 Å². The summed E-state index contributed by atoms with van der Waals surface area (Å²) in [5.41, 5.74) is 0.833. The molecule has 0 aliphatic heterocycles. The number of carbonyl (C=O) groups is 1. The van der Waals surface area contributed by atoms with Crippen LogP contribution in [-0.4, -0.2) is 31.8 Å². The highest BCUT2D eigenvalue weighted by molar-refractivity contribution is 7.92. The van der Waals surface area contributed by atoms with E-state index >= 15 is 0 Å². The number of anilines is 1. The molecule has 136 valence electrons. The van der Waals surface area contributed by atoms with Crippen molar-refractivity contribution in [1.82, 2.24) is 10.5 Å². The van der Waals surface area contributed by atoms with Crippen LogP contribution < -0.4 is 10.0 Å². The number of nitrogens with one attached hydrogen (secondary N) is 2. The third-order valence-electron chi connectivity index (χ3n) is 3.37. The minimum Gasteiger partial charge on any atom is -0.361 e. The van der Waals surface area contributed by atoms with E-state index in [-0.39, 0.29) is 11.6 Å². The van der Waals surface area contributed by atoms with Gasteiger partial charge in [0.1, 0.15) is 11.6 Å². The van der Waals surface area contributed by atoms with Crippen LogP contribution >= 0.6 is 0 Å². The number of aryl methyl sites for hydroxylation is 1. The van der Waals surface area contributed by atoms with Crippen LogP contribution in [0.15, 0.2) is 34.9 Å². The Bertz CT molecular complexity index is 835. The van der Waals surface area contributed by atoms with Gasteiger partial charge in [-0.3, -0.25) is 9.52 Å². The van der Waals surface area contributed by atoms with Gasteiger partial charge in [0.05, 0.1) is 23.1 Å². The first kappa shape index (κ1) is 18.9. The quantitative estimate of drug-likeness (QED) is 0.740. The van der Waals surface area contributed by atoms with Crippen LogP contribution in [0.5, 0.6) is 0 Å². The van der Waals surface area contributed by atoms with E-state index in [4.69, 9.17) is 4.52 Å². The lowest BCUT2D eigenvalue weighted by molar-refractivity contribution is -0.123. The van der Waals surface area contributed by atoms with E-state index in [1.165, 1.54) is 25.1 Å². The number of amides is 1. The van der Waals surface area contributed by atoms with Gasteiger partial charge in [0, 0.05) is 19.0 Å². The first-order valence-electron chi connectivity index (χ1n) is 7.71. The Kier molecular flexibility index (Phi) is 6.13. The molecule has 2 rings (SSSR count). The van der Waals surface area contributed by atoms with Crippen molar-refractivity contribution in [2.75, 3.05) is 17.0 Å². The second kappa shape index (κ2) is 8.11. The van der Waals surface area contributed by atoms with Crippen molar-refractivity contribution >= 4 is 21.6 Å². The summed E-state index contributed by atoms with van der Waals surface area (Å²) >= 11 is 0. The Labute approximate surface area is 145 Å². The molecular formula is C16H20FN3O4S. The first-order valence-corrected chi connectivity index (χ1v) is 9.36. The summed E-state index contributed by atoms with van der Waals surface area (Å²) in [4.78, 5) is 12.0. The molecule has 1 aromatic carbocycles. The molecule has 7 nitrogen and oxygen atoms in total. The third kappa shape index (κ3) is 6.18. The standard InChI is InChI=1S/C16H20FN3O4S/c1-11(16(21)18-7-6-14-8-12(2)24-19-14)10-25(22,23)20-15-5-3-4-13(17)9-15/h3-5,8-9,11,20H,6-7,10H2,1-2H3,(H,18,21). The number of sulfonamides is 1. The molecule has 9 heteroatoms. The summed E-state index contributed by atoms with van der Waals surface area (Å²) in [6, 6.07) is 6.88. The molecule has 1 amide bonds. The number of hydrogen-bond acceptors (Lipinski definition) is 5. The summed E-state index contributed by atoms with van der Waals surface area (Å²) in [6.45, 7) is 3.61. The Morgan fingerprint density at radius 2 is 2.12 bits per heavy atom. The number of rotatable bonds is 8. The summed E-state index contributed by atoms with van der Waals surface area (Å²) in [5, 5.41) is 6.47. The molecule has 25 heavy (non-hydrogen) atoms. The van der Waals surface area contributed by atoms with Crippen LogP contribution in [0.25, 0.3) is 0 Å². The number of hydrogen-bond donors (Lipinski definition) is 2. The molecule has 0 radical (unpaired) electrons. The van der Waals surface area contributed by atoms with Crippen LogP contribution in [0.4, 0.5) is 10.1 Å². The van der Waals surface area contributed by atoms with Crippen molar-refractivity contribution in [2.45, 2.75) is 20.3 Å². The molecular weight excluding hydrogens is 349 g/mol. The van der Waals surface area contributed by atoms with Crippen molar-refractivity contribution < 1.29 is 22.1 Å². The zero-order valence-electron chi connectivity index (χ0n) is 14.0. The fourth-order valence-corrected chi connectivity index (χ4v) is 3.58. The minimum absolute atomic E-state index is 0.119. The Morgan fingerprint density at radius 1 is 1.36 bits per heavy atom. The second-order valence-electron chi connectivity index (χ2n) is 5.76. The van der Waals surface area contributed by atoms with E-state index in [2.05, 4.69) is 15.2 Å². The molecule has 2 aromatic rings. The average Bonchev–Trinajstić information content (AvgIpc) is 2.91. The van der Waals surface area contributed by atoms with Crippen LogP contribution in [-0.2, 0) is 21.2 Å². The maximum atomic E-state index is 13.1. The summed E-state index contributed by atoms with van der Waals surface area (Å²) < 4.78 is 44.5. The molecule has 0 saturated carbocycles. The van der Waals surface area contributed by atoms with Crippen molar-refractivity contribution in [3.05, 3.63) is 47.6 Å². The normalized spacial score (nSPS) is 12.6. The van der Waals surface area contributed by atoms with Crippen LogP contribution in [0.2, 0.25) is 0 Å². The maximum absolute atomic E-state index is 13.1. The van der Waals surface area contributed by atoms with Crippen molar-refractivity contribution in [2.24, 2.45) is 5.92 Å². The van der Waals surface area contributed by atoms with E-state index in [1.54, 1.807) is 13.0 Å². The zero-order valence-corrected chi connectivity index (χ0v) is 14.8. The van der Waals surface area contributed by atoms with Gasteiger partial charge < -0.3 is 9.84 Å². The molecule has 0 fully saturated rings. The van der Waals surface area contributed by atoms with Gasteiger partial charge in [0.2, 0.25) is 15.9 Å². The zero-order chi connectivity index (χ0) is 18.4. The maximum Gasteiger partial charge on any atom is 0.233 e. The molecule has 0 bridgehead atoms. The Hall–Kier alpha value is -2.42. The molecule has 2 N–H and O–H groups in total. The molecule has 0 aliphatic rings. The Morgan fingerprint density at radius 3 is 2.76 bits per heavy atom. The monoisotopic (exact) mass is 369 g/mol. The smallest absolute Gasteiger partial charge is 0.233 e. The van der Waals surface area contributed by atoms with Crippen LogP contribution in [0.1, 0.15) is 18.4 Å². The average molecular weight is 369 g/mol. The highest BCUT2D eigenvalue weighted by Crippen LogP contribution is 2.13. The van der Waals surface area contributed by atoms with Gasteiger partial charge in [0.15, 0.2) is 0 Å². The predicted octanol–water partition coefficient (Wildman–Crippen LogP) is 1.86. The molecule has 1 aromatic heterocycles. The van der Waals surface area contributed by atoms with Gasteiger partial charge >= 0.3 is 0 Å². The summed E-state index contributed by atoms with van der Waals surface area (Å²) in [6.07, 6.45) is 0.490. The van der Waals surface area contributed by atoms with Gasteiger partial charge in [-0.1, -0.05) is 18.1 Å². The van der Waals surface area contributed by atoms with E-state index < -0.39 is 27.5 Å². The van der Waals surface area contributed by atoms with E-state index in [0.717, 1.165) is 6.07 Å². The number of benzene rings is 1. The van der Waals surface area contributed by atoms with Gasteiger partial charge in [-0.25, -0.2) is 12.8 Å². The number of aromatic nitrogens is 1.